The Morgan fingerprint density at radius 2 is 1.79 bits per heavy atom. The van der Waals surface area contributed by atoms with E-state index in [-0.39, 0.29) is 18.4 Å². The van der Waals surface area contributed by atoms with Crippen molar-refractivity contribution >= 4 is 11.8 Å². The third-order valence-electron chi connectivity index (χ3n) is 6.55. The lowest BCUT2D eigenvalue weighted by Crippen LogP contribution is -2.52. The zero-order valence-corrected chi connectivity index (χ0v) is 17.2. The molecular formula is C22H32N4O3. The van der Waals surface area contributed by atoms with Gasteiger partial charge < -0.3 is 14.5 Å². The summed E-state index contributed by atoms with van der Waals surface area (Å²) in [5.41, 5.74) is 0. The summed E-state index contributed by atoms with van der Waals surface area (Å²) in [6, 6.07) is 4.08. The van der Waals surface area contributed by atoms with E-state index >= 15 is 0 Å². The zero-order valence-electron chi connectivity index (χ0n) is 17.2. The minimum atomic E-state index is 0.0352. The number of pyridine rings is 1. The standard InChI is InChI=1S/C22H32N4O3/c27-21(17-29-20-6-3-9-23-15-20)24-13-7-19(8-14-24)26-12-4-5-18(16-26)22(28)25-10-1-2-11-25/h3,6,9,15,18-19H,1-2,4-5,7-8,10-14,16-17H2/t18-/m1/s1. The summed E-state index contributed by atoms with van der Waals surface area (Å²) < 4.78 is 5.55. The predicted octanol–water partition coefficient (Wildman–Crippen LogP) is 1.79. The number of piperidine rings is 2. The number of nitrogens with zero attached hydrogens (tertiary/aromatic N) is 4. The van der Waals surface area contributed by atoms with Crippen LogP contribution in [-0.2, 0) is 9.59 Å². The maximum Gasteiger partial charge on any atom is 0.260 e. The molecule has 0 bridgehead atoms. The van der Waals surface area contributed by atoms with Crippen molar-refractivity contribution in [1.82, 2.24) is 19.7 Å². The van der Waals surface area contributed by atoms with Gasteiger partial charge in [-0.3, -0.25) is 19.5 Å². The molecule has 0 radical (unpaired) electrons. The van der Waals surface area contributed by atoms with E-state index < -0.39 is 0 Å². The van der Waals surface area contributed by atoms with Gasteiger partial charge in [0.25, 0.3) is 5.91 Å². The lowest BCUT2D eigenvalue weighted by molar-refractivity contribution is -0.137. The minimum Gasteiger partial charge on any atom is -0.482 e. The first-order chi connectivity index (χ1) is 14.2. The fourth-order valence-electron chi connectivity index (χ4n) is 4.88. The fraction of sp³-hybridized carbons (Fsp3) is 0.682. The van der Waals surface area contributed by atoms with Crippen LogP contribution in [0.4, 0.5) is 0 Å². The molecule has 0 aliphatic carbocycles. The molecule has 7 nitrogen and oxygen atoms in total. The van der Waals surface area contributed by atoms with Gasteiger partial charge in [0.05, 0.1) is 12.1 Å². The first kappa shape index (κ1) is 20.1. The molecule has 3 aliphatic heterocycles. The van der Waals surface area contributed by atoms with Crippen LogP contribution in [-0.4, -0.2) is 83.4 Å². The van der Waals surface area contributed by atoms with Gasteiger partial charge in [-0.2, -0.15) is 0 Å². The molecule has 0 spiro atoms. The van der Waals surface area contributed by atoms with Crippen LogP contribution in [0.15, 0.2) is 24.5 Å². The number of likely N-dealkylation sites (tertiary alicyclic amines) is 3. The van der Waals surface area contributed by atoms with E-state index in [4.69, 9.17) is 4.74 Å². The molecule has 1 atom stereocenters. The van der Waals surface area contributed by atoms with Gasteiger partial charge in [-0.05, 0) is 57.2 Å². The number of carbonyl (C=O) groups is 2. The number of ether oxygens (including phenoxy) is 1. The topological polar surface area (TPSA) is 66.0 Å². The van der Waals surface area contributed by atoms with Crippen molar-refractivity contribution in [2.75, 3.05) is 45.9 Å². The van der Waals surface area contributed by atoms with Crippen molar-refractivity contribution in [1.29, 1.82) is 0 Å². The van der Waals surface area contributed by atoms with Gasteiger partial charge >= 0.3 is 0 Å². The number of carbonyl (C=O) groups excluding carboxylic acids is 2. The molecule has 0 N–H and O–H groups in total. The summed E-state index contributed by atoms with van der Waals surface area (Å²) in [7, 11) is 0. The molecule has 3 fully saturated rings. The summed E-state index contributed by atoms with van der Waals surface area (Å²) in [6.45, 7) is 5.44. The second-order valence-electron chi connectivity index (χ2n) is 8.46. The van der Waals surface area contributed by atoms with Crippen LogP contribution in [0.2, 0.25) is 0 Å². The molecule has 0 unspecified atom stereocenters. The maximum atomic E-state index is 12.8. The van der Waals surface area contributed by atoms with Crippen molar-refractivity contribution < 1.29 is 14.3 Å². The summed E-state index contributed by atoms with van der Waals surface area (Å²) in [4.78, 5) is 35.7. The normalized spacial score (nSPS) is 23.9. The molecular weight excluding hydrogens is 368 g/mol. The molecule has 1 aromatic rings. The number of aromatic nitrogens is 1. The largest absolute Gasteiger partial charge is 0.482 e. The van der Waals surface area contributed by atoms with Gasteiger partial charge in [-0.25, -0.2) is 0 Å². The van der Waals surface area contributed by atoms with Gasteiger partial charge in [0.2, 0.25) is 5.91 Å². The molecule has 0 aromatic carbocycles. The lowest BCUT2D eigenvalue weighted by Gasteiger charge is -2.42. The Hall–Kier alpha value is -2.15. The SMILES string of the molecule is O=C(COc1cccnc1)N1CCC(N2CCC[C@@H](C(=O)N3CCCC3)C2)CC1. The van der Waals surface area contributed by atoms with Crippen molar-refractivity contribution in [3.05, 3.63) is 24.5 Å². The van der Waals surface area contributed by atoms with Gasteiger partial charge in [-0.15, -0.1) is 0 Å². The number of rotatable bonds is 5. The van der Waals surface area contributed by atoms with E-state index in [1.54, 1.807) is 18.5 Å². The quantitative estimate of drug-likeness (QED) is 0.754. The van der Waals surface area contributed by atoms with E-state index in [9.17, 15) is 9.59 Å². The average molecular weight is 401 g/mol. The van der Waals surface area contributed by atoms with E-state index in [2.05, 4.69) is 14.8 Å². The highest BCUT2D eigenvalue weighted by atomic mass is 16.5. The monoisotopic (exact) mass is 400 g/mol. The van der Waals surface area contributed by atoms with Gasteiger partial charge in [-0.1, -0.05) is 0 Å². The Morgan fingerprint density at radius 1 is 1.00 bits per heavy atom. The molecule has 7 heteroatoms. The van der Waals surface area contributed by atoms with Crippen LogP contribution in [0.25, 0.3) is 0 Å². The molecule has 1 aromatic heterocycles. The highest BCUT2D eigenvalue weighted by Gasteiger charge is 2.34. The van der Waals surface area contributed by atoms with E-state index in [1.807, 2.05) is 11.0 Å². The molecule has 158 valence electrons. The van der Waals surface area contributed by atoms with Gasteiger partial charge in [0.1, 0.15) is 5.75 Å². The Kier molecular flexibility index (Phi) is 6.64. The van der Waals surface area contributed by atoms with Crippen molar-refractivity contribution in [3.8, 4) is 5.75 Å². The summed E-state index contributed by atoms with van der Waals surface area (Å²) in [6.07, 6.45) is 9.68. The third kappa shape index (κ3) is 5.07. The van der Waals surface area contributed by atoms with Crippen molar-refractivity contribution in [2.45, 2.75) is 44.6 Å². The van der Waals surface area contributed by atoms with Crippen LogP contribution >= 0.6 is 0 Å². The van der Waals surface area contributed by atoms with Crippen LogP contribution in [0.3, 0.4) is 0 Å². The summed E-state index contributed by atoms with van der Waals surface area (Å²) >= 11 is 0. The van der Waals surface area contributed by atoms with Gasteiger partial charge in [0, 0.05) is 45.0 Å². The second-order valence-corrected chi connectivity index (χ2v) is 8.46. The Labute approximate surface area is 173 Å². The smallest absolute Gasteiger partial charge is 0.260 e. The Balaban J connectivity index is 1.22. The zero-order chi connectivity index (χ0) is 20.1. The molecule has 4 heterocycles. The van der Waals surface area contributed by atoms with Crippen LogP contribution in [0.1, 0.15) is 38.5 Å². The van der Waals surface area contributed by atoms with Crippen LogP contribution < -0.4 is 4.74 Å². The van der Waals surface area contributed by atoms with Crippen LogP contribution in [0.5, 0.6) is 5.75 Å². The molecule has 2 amide bonds. The number of hydrogen-bond donors (Lipinski definition) is 0. The molecule has 4 rings (SSSR count). The first-order valence-corrected chi connectivity index (χ1v) is 11.0. The molecule has 3 saturated heterocycles. The molecule has 29 heavy (non-hydrogen) atoms. The summed E-state index contributed by atoms with van der Waals surface area (Å²) in [5.74, 6) is 1.19. The fourth-order valence-corrected chi connectivity index (χ4v) is 4.88. The van der Waals surface area contributed by atoms with Crippen molar-refractivity contribution in [2.24, 2.45) is 5.92 Å². The van der Waals surface area contributed by atoms with E-state index in [0.29, 0.717) is 17.7 Å². The number of amides is 2. The molecule has 0 saturated carbocycles. The lowest BCUT2D eigenvalue weighted by atomic mass is 9.93. The van der Waals surface area contributed by atoms with E-state index in [1.165, 1.54) is 0 Å². The Morgan fingerprint density at radius 3 is 2.52 bits per heavy atom. The van der Waals surface area contributed by atoms with Crippen LogP contribution in [0, 0.1) is 5.92 Å². The highest BCUT2D eigenvalue weighted by Crippen LogP contribution is 2.26. The average Bonchev–Trinajstić information content (AvgIpc) is 3.33. The van der Waals surface area contributed by atoms with Gasteiger partial charge in [0.15, 0.2) is 6.61 Å². The third-order valence-corrected chi connectivity index (χ3v) is 6.55. The predicted molar refractivity (Wildman–Crippen MR) is 109 cm³/mol. The first-order valence-electron chi connectivity index (χ1n) is 11.0. The minimum absolute atomic E-state index is 0.0352. The maximum absolute atomic E-state index is 12.8. The van der Waals surface area contributed by atoms with E-state index in [0.717, 1.165) is 77.8 Å². The van der Waals surface area contributed by atoms with Crippen molar-refractivity contribution in [3.63, 3.8) is 0 Å². The number of hydrogen-bond acceptors (Lipinski definition) is 5. The highest BCUT2D eigenvalue weighted by molar-refractivity contribution is 5.79. The molecule has 3 aliphatic rings. The second kappa shape index (κ2) is 9.57. The summed E-state index contributed by atoms with van der Waals surface area (Å²) in [5, 5.41) is 0. The Bertz CT molecular complexity index is 685.